The molecule has 1 atom stereocenters. The topological polar surface area (TPSA) is 113 Å². The molecule has 1 amide bonds. The fraction of sp³-hybridized carbons (Fsp3) is 0.350. The predicted octanol–water partition coefficient (Wildman–Crippen LogP) is 2.08. The first-order valence-corrected chi connectivity index (χ1v) is 12.6. The third kappa shape index (κ3) is 5.12. The molecule has 0 spiro atoms. The minimum absolute atomic E-state index is 0.0139. The van der Waals surface area contributed by atoms with Crippen LogP contribution in [0.15, 0.2) is 52.3 Å². The van der Waals surface area contributed by atoms with Crippen LogP contribution in [0.2, 0.25) is 0 Å². The first kappa shape index (κ1) is 23.3. The first-order chi connectivity index (χ1) is 14.5. The molecule has 1 aliphatic rings. The van der Waals surface area contributed by atoms with E-state index in [-0.39, 0.29) is 28.8 Å². The van der Waals surface area contributed by atoms with E-state index >= 15 is 0 Å². The normalized spacial score (nSPS) is 18.0. The molecule has 0 unspecified atom stereocenters. The van der Waals surface area contributed by atoms with Gasteiger partial charge in [-0.1, -0.05) is 6.07 Å². The maximum atomic E-state index is 13.1. The van der Waals surface area contributed by atoms with Crippen LogP contribution in [0.1, 0.15) is 18.4 Å². The number of hydrogen-bond acceptors (Lipinski definition) is 5. The average molecular weight is 470 g/mol. The third-order valence-corrected chi connectivity index (χ3v) is 8.54. The minimum atomic E-state index is -3.86. The Hall–Kier alpha value is -2.34. The molecule has 11 heteroatoms. The molecule has 2 N–H and O–H groups in total. The van der Waals surface area contributed by atoms with E-state index in [1.807, 2.05) is 0 Å². The van der Waals surface area contributed by atoms with Crippen molar-refractivity contribution in [3.63, 3.8) is 0 Å². The van der Waals surface area contributed by atoms with Gasteiger partial charge in [0.05, 0.1) is 15.7 Å². The van der Waals surface area contributed by atoms with Gasteiger partial charge in [-0.3, -0.25) is 4.79 Å². The van der Waals surface area contributed by atoms with Gasteiger partial charge in [0, 0.05) is 18.8 Å². The standard InChI is InChI=1S/C20H24FN3O5S2/c1-14-5-8-18(30(26,27)22-2)12-19(14)23-20(25)15-4-3-11-24(13-15)31(28,29)17-9-6-16(21)7-10-17/h5-10,12,15,22H,3-4,11,13H2,1-2H3,(H,23,25)/t15-/m1/s1. The molecular formula is C20H24FN3O5S2. The summed E-state index contributed by atoms with van der Waals surface area (Å²) < 4.78 is 66.4. The zero-order chi connectivity index (χ0) is 22.8. The number of aryl methyl sites for hydroxylation is 1. The van der Waals surface area contributed by atoms with E-state index in [4.69, 9.17) is 0 Å². The number of nitrogens with zero attached hydrogens (tertiary/aromatic N) is 1. The molecule has 0 aromatic heterocycles. The molecule has 2 aromatic carbocycles. The summed E-state index contributed by atoms with van der Waals surface area (Å²) in [5, 5.41) is 2.73. The molecule has 1 saturated heterocycles. The Morgan fingerprint density at radius 3 is 2.35 bits per heavy atom. The van der Waals surface area contributed by atoms with Crippen LogP contribution >= 0.6 is 0 Å². The molecule has 1 aliphatic heterocycles. The number of sulfonamides is 2. The van der Waals surface area contributed by atoms with Gasteiger partial charge in [-0.25, -0.2) is 25.9 Å². The Kier molecular flexibility index (Phi) is 6.79. The Morgan fingerprint density at radius 1 is 1.06 bits per heavy atom. The second kappa shape index (κ2) is 9.03. The van der Waals surface area contributed by atoms with Crippen molar-refractivity contribution in [3.05, 3.63) is 53.8 Å². The molecule has 0 saturated carbocycles. The summed E-state index contributed by atoms with van der Waals surface area (Å²) in [6.45, 7) is 1.98. The minimum Gasteiger partial charge on any atom is -0.326 e. The van der Waals surface area contributed by atoms with E-state index < -0.39 is 31.8 Å². The van der Waals surface area contributed by atoms with Crippen LogP contribution in [0.4, 0.5) is 10.1 Å². The summed E-state index contributed by atoms with van der Waals surface area (Å²) in [5.74, 6) is -1.53. The van der Waals surface area contributed by atoms with Crippen LogP contribution in [0, 0.1) is 18.7 Å². The van der Waals surface area contributed by atoms with Gasteiger partial charge in [0.15, 0.2) is 0 Å². The van der Waals surface area contributed by atoms with Gasteiger partial charge in [-0.05, 0) is 68.8 Å². The molecule has 8 nitrogen and oxygen atoms in total. The fourth-order valence-electron chi connectivity index (χ4n) is 3.39. The van der Waals surface area contributed by atoms with E-state index in [1.54, 1.807) is 13.0 Å². The molecule has 0 radical (unpaired) electrons. The van der Waals surface area contributed by atoms with Crippen LogP contribution in [0.25, 0.3) is 0 Å². The summed E-state index contributed by atoms with van der Waals surface area (Å²) in [4.78, 5) is 12.8. The number of benzene rings is 2. The molecule has 1 heterocycles. The maximum Gasteiger partial charge on any atom is 0.243 e. The predicted molar refractivity (Wildman–Crippen MR) is 114 cm³/mol. The van der Waals surface area contributed by atoms with Crippen molar-refractivity contribution in [2.75, 3.05) is 25.5 Å². The Bertz CT molecular complexity index is 1180. The number of amides is 1. The van der Waals surface area contributed by atoms with Crippen LogP contribution in [0.3, 0.4) is 0 Å². The fourth-order valence-corrected chi connectivity index (χ4v) is 5.67. The molecule has 1 fully saturated rings. The van der Waals surface area contributed by atoms with Crippen molar-refractivity contribution in [1.29, 1.82) is 0 Å². The second-order valence-corrected chi connectivity index (χ2v) is 11.2. The molecular weight excluding hydrogens is 445 g/mol. The average Bonchev–Trinajstić information content (AvgIpc) is 2.75. The molecule has 3 rings (SSSR count). The molecule has 0 aliphatic carbocycles. The lowest BCUT2D eigenvalue weighted by molar-refractivity contribution is -0.120. The number of nitrogens with one attached hydrogen (secondary N) is 2. The monoisotopic (exact) mass is 469 g/mol. The third-order valence-electron chi connectivity index (χ3n) is 5.25. The van der Waals surface area contributed by atoms with Crippen molar-refractivity contribution in [3.8, 4) is 0 Å². The highest BCUT2D eigenvalue weighted by Crippen LogP contribution is 2.26. The van der Waals surface area contributed by atoms with Crippen molar-refractivity contribution >= 4 is 31.6 Å². The van der Waals surface area contributed by atoms with Gasteiger partial charge in [0.2, 0.25) is 26.0 Å². The lowest BCUT2D eigenvalue weighted by Gasteiger charge is -2.31. The number of piperidine rings is 1. The highest BCUT2D eigenvalue weighted by molar-refractivity contribution is 7.89. The Labute approximate surface area is 181 Å². The summed E-state index contributed by atoms with van der Waals surface area (Å²) >= 11 is 0. The summed E-state index contributed by atoms with van der Waals surface area (Å²) in [7, 11) is -6.23. The number of halogens is 1. The number of hydrogen-bond donors (Lipinski definition) is 2. The van der Waals surface area contributed by atoms with Gasteiger partial charge in [-0.2, -0.15) is 4.31 Å². The van der Waals surface area contributed by atoms with Gasteiger partial charge >= 0.3 is 0 Å². The van der Waals surface area contributed by atoms with E-state index in [0.717, 1.165) is 12.1 Å². The number of carbonyl (C=O) groups excluding carboxylic acids is 1. The van der Waals surface area contributed by atoms with E-state index in [0.29, 0.717) is 24.1 Å². The number of anilines is 1. The maximum absolute atomic E-state index is 13.1. The molecule has 31 heavy (non-hydrogen) atoms. The Balaban J connectivity index is 1.77. The van der Waals surface area contributed by atoms with Crippen molar-refractivity contribution in [2.24, 2.45) is 5.92 Å². The van der Waals surface area contributed by atoms with E-state index in [9.17, 15) is 26.0 Å². The zero-order valence-corrected chi connectivity index (χ0v) is 18.8. The summed E-state index contributed by atoms with van der Waals surface area (Å²) in [5.41, 5.74) is 1.02. The lowest BCUT2D eigenvalue weighted by Crippen LogP contribution is -2.43. The summed E-state index contributed by atoms with van der Waals surface area (Å²) in [6, 6.07) is 8.96. The van der Waals surface area contributed by atoms with E-state index in [1.165, 1.54) is 35.6 Å². The molecule has 0 bridgehead atoms. The number of rotatable bonds is 6. The van der Waals surface area contributed by atoms with Gasteiger partial charge in [-0.15, -0.1) is 0 Å². The molecule has 168 valence electrons. The van der Waals surface area contributed by atoms with Crippen molar-refractivity contribution in [2.45, 2.75) is 29.6 Å². The largest absolute Gasteiger partial charge is 0.326 e. The highest BCUT2D eigenvalue weighted by Gasteiger charge is 2.33. The van der Waals surface area contributed by atoms with Gasteiger partial charge in [0.1, 0.15) is 5.82 Å². The van der Waals surface area contributed by atoms with Crippen molar-refractivity contribution in [1.82, 2.24) is 9.03 Å². The molecule has 2 aromatic rings. The van der Waals surface area contributed by atoms with E-state index in [2.05, 4.69) is 10.0 Å². The van der Waals surface area contributed by atoms with Crippen molar-refractivity contribution < 1.29 is 26.0 Å². The second-order valence-electron chi connectivity index (χ2n) is 7.33. The Morgan fingerprint density at radius 2 is 1.71 bits per heavy atom. The van der Waals surface area contributed by atoms with Crippen LogP contribution < -0.4 is 10.0 Å². The number of carbonyl (C=O) groups is 1. The summed E-state index contributed by atoms with van der Waals surface area (Å²) in [6.07, 6.45) is 0.987. The van der Waals surface area contributed by atoms with Gasteiger partial charge in [0.25, 0.3) is 0 Å². The quantitative estimate of drug-likeness (QED) is 0.673. The highest BCUT2D eigenvalue weighted by atomic mass is 32.2. The van der Waals surface area contributed by atoms with Crippen LogP contribution in [-0.2, 0) is 24.8 Å². The zero-order valence-electron chi connectivity index (χ0n) is 17.1. The van der Waals surface area contributed by atoms with Crippen LogP contribution in [0.5, 0.6) is 0 Å². The van der Waals surface area contributed by atoms with Crippen LogP contribution in [-0.4, -0.2) is 47.2 Å². The SMILES string of the molecule is CNS(=O)(=O)c1ccc(C)c(NC(=O)[C@@H]2CCCN(S(=O)(=O)c3ccc(F)cc3)C2)c1. The lowest BCUT2D eigenvalue weighted by atomic mass is 9.98. The first-order valence-electron chi connectivity index (χ1n) is 9.65. The van der Waals surface area contributed by atoms with Gasteiger partial charge < -0.3 is 5.32 Å². The smallest absolute Gasteiger partial charge is 0.243 e.